The van der Waals surface area contributed by atoms with Crippen LogP contribution in [0.3, 0.4) is 0 Å². The van der Waals surface area contributed by atoms with Crippen molar-refractivity contribution in [3.8, 4) is 11.5 Å². The average molecular weight is 370 g/mol. The first-order chi connectivity index (χ1) is 10.8. The zero-order valence-corrected chi connectivity index (χ0v) is 13.6. The number of hydrogen-bond donors (Lipinski definition) is 1. The second kappa shape index (κ2) is 8.98. The van der Waals surface area contributed by atoms with E-state index in [1.54, 1.807) is 0 Å². The van der Waals surface area contributed by atoms with Gasteiger partial charge in [0.15, 0.2) is 0 Å². The number of carboxylic acid groups (broad SMARTS) is 1. The number of carboxylic acids is 1. The molecule has 1 saturated heterocycles. The van der Waals surface area contributed by atoms with E-state index in [2.05, 4.69) is 4.74 Å². The van der Waals surface area contributed by atoms with Gasteiger partial charge >= 0.3 is 12.3 Å². The number of hydrogen-bond acceptors (Lipinski definition) is 4. The number of piperidine rings is 1. The van der Waals surface area contributed by atoms with Gasteiger partial charge in [0.25, 0.3) is 0 Å². The molecule has 0 saturated carbocycles. The molecule has 136 valence electrons. The lowest BCUT2D eigenvalue weighted by atomic mass is 10.0. The van der Waals surface area contributed by atoms with Crippen LogP contribution in [0.5, 0.6) is 11.5 Å². The summed E-state index contributed by atoms with van der Waals surface area (Å²) in [5.41, 5.74) is 0. The summed E-state index contributed by atoms with van der Waals surface area (Å²) in [5.74, 6) is -0.742. The summed E-state index contributed by atoms with van der Waals surface area (Å²) in [6.45, 7) is 1.43. The van der Waals surface area contributed by atoms with Gasteiger partial charge < -0.3 is 14.6 Å². The molecule has 1 aliphatic rings. The Labute approximate surface area is 143 Å². The lowest BCUT2D eigenvalue weighted by molar-refractivity contribution is -0.274. The number of halogens is 4. The van der Waals surface area contributed by atoms with Crippen LogP contribution in [0.2, 0.25) is 0 Å². The molecule has 0 amide bonds. The highest BCUT2D eigenvalue weighted by atomic mass is 35.5. The number of nitrogens with zero attached hydrogens (tertiary/aromatic N) is 1. The van der Waals surface area contributed by atoms with E-state index in [0.717, 1.165) is 12.8 Å². The molecular formula is C15H19ClF3NO4. The summed E-state index contributed by atoms with van der Waals surface area (Å²) in [6, 6.07) is 4.61. The minimum atomic E-state index is -4.72. The summed E-state index contributed by atoms with van der Waals surface area (Å²) < 4.78 is 45.4. The summed E-state index contributed by atoms with van der Waals surface area (Å²) in [7, 11) is 0. The van der Waals surface area contributed by atoms with Gasteiger partial charge in [0, 0.05) is 6.54 Å². The Morgan fingerprint density at radius 1 is 1.21 bits per heavy atom. The quantitative estimate of drug-likeness (QED) is 0.833. The molecule has 1 aromatic carbocycles. The number of ether oxygens (including phenoxy) is 2. The summed E-state index contributed by atoms with van der Waals surface area (Å²) >= 11 is 0. The number of carbonyl (C=O) groups is 1. The predicted octanol–water partition coefficient (Wildman–Crippen LogP) is 3.32. The molecule has 0 aromatic heterocycles. The van der Waals surface area contributed by atoms with Gasteiger partial charge in [-0.05, 0) is 43.7 Å². The van der Waals surface area contributed by atoms with Crippen LogP contribution >= 0.6 is 12.4 Å². The molecular weight excluding hydrogens is 351 g/mol. The Hall–Kier alpha value is -1.67. The Kier molecular flexibility index (Phi) is 7.62. The molecule has 24 heavy (non-hydrogen) atoms. The third-order valence-corrected chi connectivity index (χ3v) is 3.60. The molecule has 1 heterocycles. The monoisotopic (exact) mass is 369 g/mol. The van der Waals surface area contributed by atoms with Gasteiger partial charge in [-0.25, -0.2) is 0 Å². The molecule has 5 nitrogen and oxygen atoms in total. The topological polar surface area (TPSA) is 59.0 Å². The van der Waals surface area contributed by atoms with E-state index < -0.39 is 18.4 Å². The van der Waals surface area contributed by atoms with Crippen molar-refractivity contribution in [2.75, 3.05) is 19.7 Å². The predicted molar refractivity (Wildman–Crippen MR) is 82.7 cm³/mol. The molecule has 0 bridgehead atoms. The van der Waals surface area contributed by atoms with Gasteiger partial charge in [-0.1, -0.05) is 6.42 Å². The molecule has 1 atom stereocenters. The summed E-state index contributed by atoms with van der Waals surface area (Å²) in [5, 5.41) is 9.16. The van der Waals surface area contributed by atoms with Crippen molar-refractivity contribution >= 4 is 18.4 Å². The Balaban J connectivity index is 0.00000288. The lowest BCUT2D eigenvalue weighted by Crippen LogP contribution is -2.46. The van der Waals surface area contributed by atoms with E-state index in [4.69, 9.17) is 9.84 Å². The number of likely N-dealkylation sites (tertiary alicyclic amines) is 1. The number of alkyl halides is 3. The maximum atomic E-state index is 12.0. The van der Waals surface area contributed by atoms with Crippen molar-refractivity contribution < 1.29 is 32.5 Å². The minimum absolute atomic E-state index is 0. The van der Waals surface area contributed by atoms with E-state index in [-0.39, 0.29) is 24.8 Å². The van der Waals surface area contributed by atoms with Crippen LogP contribution in [-0.4, -0.2) is 48.1 Å². The average Bonchev–Trinajstić information content (AvgIpc) is 2.48. The Morgan fingerprint density at radius 2 is 1.83 bits per heavy atom. The zero-order chi connectivity index (χ0) is 16.9. The van der Waals surface area contributed by atoms with Crippen molar-refractivity contribution in [3.63, 3.8) is 0 Å². The van der Waals surface area contributed by atoms with Gasteiger partial charge in [0.2, 0.25) is 0 Å². The lowest BCUT2D eigenvalue weighted by Gasteiger charge is -2.32. The third kappa shape index (κ3) is 6.45. The highest BCUT2D eigenvalue weighted by molar-refractivity contribution is 5.85. The molecule has 9 heteroatoms. The number of benzene rings is 1. The molecule has 2 rings (SSSR count). The fourth-order valence-electron chi connectivity index (χ4n) is 2.56. The zero-order valence-electron chi connectivity index (χ0n) is 12.8. The van der Waals surface area contributed by atoms with Crippen molar-refractivity contribution in [2.45, 2.75) is 31.7 Å². The van der Waals surface area contributed by atoms with E-state index in [9.17, 15) is 18.0 Å². The Bertz CT molecular complexity index is 524. The SMILES string of the molecule is Cl.O=C(O)C1CCCCN1CCOc1ccc(OC(F)(F)F)cc1. The van der Waals surface area contributed by atoms with Crippen LogP contribution < -0.4 is 9.47 Å². The fourth-order valence-corrected chi connectivity index (χ4v) is 2.56. The minimum Gasteiger partial charge on any atom is -0.492 e. The molecule has 0 aliphatic carbocycles. The van der Waals surface area contributed by atoms with Crippen molar-refractivity contribution in [3.05, 3.63) is 24.3 Å². The van der Waals surface area contributed by atoms with E-state index in [1.807, 2.05) is 4.90 Å². The molecule has 0 radical (unpaired) electrons. The first-order valence-corrected chi connectivity index (χ1v) is 7.30. The molecule has 1 unspecified atom stereocenters. The van der Waals surface area contributed by atoms with Crippen LogP contribution in [0.4, 0.5) is 13.2 Å². The first kappa shape index (κ1) is 20.4. The molecule has 1 aliphatic heterocycles. The van der Waals surface area contributed by atoms with Gasteiger partial charge in [0.1, 0.15) is 24.1 Å². The smallest absolute Gasteiger partial charge is 0.492 e. The van der Waals surface area contributed by atoms with Gasteiger partial charge in [0.05, 0.1) is 0 Å². The number of rotatable bonds is 6. The molecule has 0 spiro atoms. The second-order valence-electron chi connectivity index (χ2n) is 5.25. The largest absolute Gasteiger partial charge is 0.573 e. The maximum absolute atomic E-state index is 12.0. The second-order valence-corrected chi connectivity index (χ2v) is 5.25. The highest BCUT2D eigenvalue weighted by Crippen LogP contribution is 2.24. The van der Waals surface area contributed by atoms with Crippen LogP contribution in [0.25, 0.3) is 0 Å². The first-order valence-electron chi connectivity index (χ1n) is 7.30. The van der Waals surface area contributed by atoms with Crippen molar-refractivity contribution in [2.24, 2.45) is 0 Å². The van der Waals surface area contributed by atoms with Crippen LogP contribution in [0, 0.1) is 0 Å². The fraction of sp³-hybridized carbons (Fsp3) is 0.533. The number of aliphatic carboxylic acids is 1. The standard InChI is InChI=1S/C15H18F3NO4.ClH/c16-15(17,18)23-12-6-4-11(5-7-12)22-10-9-19-8-2-1-3-13(19)14(20)21;/h4-7,13H,1-3,8-10H2,(H,20,21);1H. The highest BCUT2D eigenvalue weighted by Gasteiger charge is 2.31. The Morgan fingerprint density at radius 3 is 2.42 bits per heavy atom. The molecule has 1 fully saturated rings. The summed E-state index contributed by atoms with van der Waals surface area (Å²) in [4.78, 5) is 13.0. The van der Waals surface area contributed by atoms with Crippen LogP contribution in [0.1, 0.15) is 19.3 Å². The molecule has 1 aromatic rings. The van der Waals surface area contributed by atoms with Crippen LogP contribution in [-0.2, 0) is 4.79 Å². The van der Waals surface area contributed by atoms with Crippen molar-refractivity contribution in [1.82, 2.24) is 4.90 Å². The normalized spacial score (nSPS) is 18.5. The van der Waals surface area contributed by atoms with Gasteiger partial charge in [-0.2, -0.15) is 0 Å². The third-order valence-electron chi connectivity index (χ3n) is 3.60. The van der Waals surface area contributed by atoms with E-state index >= 15 is 0 Å². The summed E-state index contributed by atoms with van der Waals surface area (Å²) in [6.07, 6.45) is -2.25. The van der Waals surface area contributed by atoms with Crippen molar-refractivity contribution in [1.29, 1.82) is 0 Å². The van der Waals surface area contributed by atoms with E-state index in [0.29, 0.717) is 25.3 Å². The molecule has 1 N–H and O–H groups in total. The van der Waals surface area contributed by atoms with E-state index in [1.165, 1.54) is 24.3 Å². The van der Waals surface area contributed by atoms with Crippen LogP contribution in [0.15, 0.2) is 24.3 Å². The van der Waals surface area contributed by atoms with Gasteiger partial charge in [-0.15, -0.1) is 25.6 Å². The maximum Gasteiger partial charge on any atom is 0.573 e. The van der Waals surface area contributed by atoms with Gasteiger partial charge in [-0.3, -0.25) is 9.69 Å².